The number of rotatable bonds is 5. The van der Waals surface area contributed by atoms with Crippen LogP contribution in [-0.2, 0) is 6.11 Å². The molecule has 30 heavy (non-hydrogen) atoms. The maximum absolute atomic E-state index is 14.3. The summed E-state index contributed by atoms with van der Waals surface area (Å²) in [5.41, 5.74) is -2.93. The molecule has 0 bridgehead atoms. The zero-order valence-corrected chi connectivity index (χ0v) is 14.3. The molecular formula is C19H7F9O2. The van der Waals surface area contributed by atoms with E-state index in [1.807, 2.05) is 0 Å². The van der Waals surface area contributed by atoms with Crippen molar-refractivity contribution >= 4 is 0 Å². The van der Waals surface area contributed by atoms with Gasteiger partial charge in [-0.15, -0.1) is 0 Å². The van der Waals surface area contributed by atoms with Crippen molar-refractivity contribution in [2.24, 2.45) is 0 Å². The fourth-order valence-corrected chi connectivity index (χ4v) is 2.57. The van der Waals surface area contributed by atoms with Gasteiger partial charge in [0.1, 0.15) is 28.8 Å². The molecule has 158 valence electrons. The van der Waals surface area contributed by atoms with Crippen molar-refractivity contribution in [1.29, 1.82) is 0 Å². The molecule has 0 radical (unpaired) electrons. The molecule has 3 rings (SSSR count). The third-order valence-corrected chi connectivity index (χ3v) is 3.88. The van der Waals surface area contributed by atoms with Gasteiger partial charge in [0.05, 0.1) is 0 Å². The molecule has 2 nitrogen and oxygen atoms in total. The molecule has 0 amide bonds. The summed E-state index contributed by atoms with van der Waals surface area (Å²) >= 11 is 0. The molecule has 3 aromatic rings. The van der Waals surface area contributed by atoms with Gasteiger partial charge in [-0.2, -0.15) is 8.78 Å². The van der Waals surface area contributed by atoms with E-state index in [2.05, 4.69) is 9.68 Å². The van der Waals surface area contributed by atoms with Crippen LogP contribution in [0.2, 0.25) is 0 Å². The number of benzene rings is 3. The number of halogens is 9. The molecule has 0 aliphatic rings. The first-order chi connectivity index (χ1) is 14.0. The van der Waals surface area contributed by atoms with Crippen LogP contribution in [0.3, 0.4) is 0 Å². The van der Waals surface area contributed by atoms with Crippen molar-refractivity contribution in [3.05, 3.63) is 82.9 Å². The van der Waals surface area contributed by atoms with Crippen LogP contribution in [0.15, 0.2) is 42.5 Å². The smallest absolute Gasteiger partial charge is 0.429 e. The van der Waals surface area contributed by atoms with Crippen molar-refractivity contribution in [1.82, 2.24) is 0 Å². The summed E-state index contributed by atoms with van der Waals surface area (Å²) in [7, 11) is 0. The number of hydrogen-bond acceptors (Lipinski definition) is 2. The van der Waals surface area contributed by atoms with E-state index in [9.17, 15) is 39.6 Å². The summed E-state index contributed by atoms with van der Waals surface area (Å²) in [4.78, 5) is 3.30. The van der Waals surface area contributed by atoms with Gasteiger partial charge in [0.2, 0.25) is 0 Å². The number of alkyl halides is 2. The van der Waals surface area contributed by atoms with Crippen molar-refractivity contribution in [3.8, 4) is 22.6 Å². The van der Waals surface area contributed by atoms with Gasteiger partial charge in [-0.1, -0.05) is 0 Å². The lowest BCUT2D eigenvalue weighted by Crippen LogP contribution is -2.25. The minimum absolute atomic E-state index is 0.0559. The van der Waals surface area contributed by atoms with E-state index in [0.29, 0.717) is 18.2 Å². The van der Waals surface area contributed by atoms with E-state index in [-0.39, 0.29) is 12.1 Å². The zero-order valence-electron chi connectivity index (χ0n) is 14.3. The lowest BCUT2D eigenvalue weighted by Gasteiger charge is -2.20. The zero-order chi connectivity index (χ0) is 22.2. The monoisotopic (exact) mass is 438 g/mol. The van der Waals surface area contributed by atoms with E-state index in [1.54, 1.807) is 0 Å². The predicted octanol–water partition coefficient (Wildman–Crippen LogP) is 6.58. The first-order valence-corrected chi connectivity index (χ1v) is 7.83. The van der Waals surface area contributed by atoms with Crippen molar-refractivity contribution in [2.45, 2.75) is 6.11 Å². The van der Waals surface area contributed by atoms with E-state index in [1.165, 1.54) is 0 Å². The van der Waals surface area contributed by atoms with Gasteiger partial charge in [-0.3, -0.25) is 4.94 Å². The molecule has 0 aliphatic carbocycles. The van der Waals surface area contributed by atoms with Gasteiger partial charge in [0.15, 0.2) is 23.2 Å². The Hall–Kier alpha value is -3.37. The third-order valence-electron chi connectivity index (χ3n) is 3.88. The Morgan fingerprint density at radius 2 is 1.17 bits per heavy atom. The number of ether oxygens (including phenoxy) is 1. The first-order valence-electron chi connectivity index (χ1n) is 7.83. The maximum Gasteiger partial charge on any atom is 0.432 e. The molecule has 3 aromatic carbocycles. The average Bonchev–Trinajstić information content (AvgIpc) is 2.64. The first kappa shape index (κ1) is 21.3. The number of hydrogen-bond donors (Lipinski definition) is 0. The van der Waals surface area contributed by atoms with Crippen LogP contribution in [-0.4, -0.2) is 0 Å². The Bertz CT molecular complexity index is 1070. The Balaban J connectivity index is 2.00. The predicted molar refractivity (Wildman–Crippen MR) is 84.3 cm³/mol. The van der Waals surface area contributed by atoms with E-state index < -0.39 is 69.2 Å². The average molecular weight is 438 g/mol. The van der Waals surface area contributed by atoms with Gasteiger partial charge >= 0.3 is 6.11 Å². The Morgan fingerprint density at radius 1 is 0.633 bits per heavy atom. The SMILES string of the molecule is FOc1ccc(-c2cc(F)c(C(F)(F)Oc3cc(F)c(F)c(F)c3)c(F)c2)c(F)c1. The van der Waals surface area contributed by atoms with Crippen LogP contribution in [0.4, 0.5) is 39.6 Å². The molecule has 0 unspecified atom stereocenters. The highest BCUT2D eigenvalue weighted by atomic mass is 19.3. The molecule has 0 aliphatic heterocycles. The maximum atomic E-state index is 14.3. The fourth-order valence-electron chi connectivity index (χ4n) is 2.57. The Morgan fingerprint density at radius 3 is 1.67 bits per heavy atom. The molecule has 0 N–H and O–H groups in total. The normalized spacial score (nSPS) is 11.5. The molecule has 0 saturated heterocycles. The van der Waals surface area contributed by atoms with Crippen molar-refractivity contribution < 1.29 is 49.3 Å². The molecule has 0 atom stereocenters. The van der Waals surface area contributed by atoms with E-state index in [0.717, 1.165) is 12.1 Å². The highest BCUT2D eigenvalue weighted by Crippen LogP contribution is 2.38. The summed E-state index contributed by atoms with van der Waals surface area (Å²) in [5, 5.41) is 0. The van der Waals surface area contributed by atoms with Crippen LogP contribution in [0.5, 0.6) is 11.5 Å². The molecule has 11 heteroatoms. The van der Waals surface area contributed by atoms with Crippen LogP contribution >= 0.6 is 0 Å². The van der Waals surface area contributed by atoms with Crippen molar-refractivity contribution in [3.63, 3.8) is 0 Å². The molecule has 0 spiro atoms. The molecule has 0 saturated carbocycles. The molecule has 0 aromatic heterocycles. The topological polar surface area (TPSA) is 18.5 Å². The lowest BCUT2D eigenvalue weighted by atomic mass is 10.0. The van der Waals surface area contributed by atoms with Crippen molar-refractivity contribution in [2.75, 3.05) is 0 Å². The quantitative estimate of drug-likeness (QED) is 0.331. The van der Waals surface area contributed by atoms with Gasteiger partial charge < -0.3 is 4.74 Å². The highest BCUT2D eigenvalue weighted by molar-refractivity contribution is 5.66. The van der Waals surface area contributed by atoms with Gasteiger partial charge in [-0.25, -0.2) is 26.3 Å². The van der Waals surface area contributed by atoms with Crippen LogP contribution in [0.25, 0.3) is 11.1 Å². The Kier molecular flexibility index (Phi) is 5.55. The summed E-state index contributed by atoms with van der Waals surface area (Å²) in [6.07, 6.45) is -4.78. The minimum Gasteiger partial charge on any atom is -0.429 e. The summed E-state index contributed by atoms with van der Waals surface area (Å²) in [5.74, 6) is -12.4. The second-order valence-corrected chi connectivity index (χ2v) is 5.85. The van der Waals surface area contributed by atoms with Crippen LogP contribution in [0.1, 0.15) is 5.56 Å². The second kappa shape index (κ2) is 7.81. The largest absolute Gasteiger partial charge is 0.432 e. The highest BCUT2D eigenvalue weighted by Gasteiger charge is 2.41. The second-order valence-electron chi connectivity index (χ2n) is 5.85. The third kappa shape index (κ3) is 4.00. The van der Waals surface area contributed by atoms with Crippen LogP contribution < -0.4 is 9.68 Å². The summed E-state index contributed by atoms with van der Waals surface area (Å²) in [6.45, 7) is 0. The van der Waals surface area contributed by atoms with Crippen LogP contribution in [0, 0.1) is 34.9 Å². The lowest BCUT2D eigenvalue weighted by molar-refractivity contribution is -0.189. The molecule has 0 fully saturated rings. The minimum atomic E-state index is -4.78. The van der Waals surface area contributed by atoms with E-state index >= 15 is 0 Å². The summed E-state index contributed by atoms with van der Waals surface area (Å²) in [6, 6.07) is 3.15. The molecule has 0 heterocycles. The standard InChI is InChI=1S/C19H7F9O2/c20-12-5-9(30-28)1-2-11(12)8-3-13(21)17(14(22)4-8)19(26,27)29-10-6-15(23)18(25)16(24)7-10/h1-7H. The van der Waals surface area contributed by atoms with Gasteiger partial charge in [-0.05, 0) is 29.8 Å². The van der Waals surface area contributed by atoms with Gasteiger partial charge in [0, 0.05) is 28.3 Å². The van der Waals surface area contributed by atoms with Gasteiger partial charge in [0.25, 0.3) is 0 Å². The Labute approximate surface area is 162 Å². The molecular weight excluding hydrogens is 431 g/mol. The summed E-state index contributed by atoms with van der Waals surface area (Å²) < 4.78 is 126. The fraction of sp³-hybridized carbons (Fsp3) is 0.0526. The van der Waals surface area contributed by atoms with E-state index in [4.69, 9.17) is 0 Å².